The number of imidazole rings is 1. The van der Waals surface area contributed by atoms with Crippen molar-refractivity contribution in [1.29, 1.82) is 0 Å². The van der Waals surface area contributed by atoms with Crippen LogP contribution in [0.5, 0.6) is 0 Å². The summed E-state index contributed by atoms with van der Waals surface area (Å²) in [6.45, 7) is 4.00. The zero-order chi connectivity index (χ0) is 23.9. The number of fused-ring (bicyclic) bond motifs is 3. The highest BCUT2D eigenvalue weighted by atomic mass is 19.1. The fourth-order valence-electron chi connectivity index (χ4n) is 6.44. The van der Waals surface area contributed by atoms with Crippen LogP contribution in [0.1, 0.15) is 55.6 Å². The van der Waals surface area contributed by atoms with Gasteiger partial charge in [-0.3, -0.25) is 9.69 Å². The number of para-hydroxylation sites is 1. The van der Waals surface area contributed by atoms with Gasteiger partial charge in [0.15, 0.2) is 5.82 Å². The maximum absolute atomic E-state index is 14.3. The Morgan fingerprint density at radius 1 is 1.09 bits per heavy atom. The number of carbonyl (C=O) groups excluding carboxylic acids is 1. The van der Waals surface area contributed by atoms with Gasteiger partial charge < -0.3 is 14.6 Å². The van der Waals surface area contributed by atoms with E-state index in [2.05, 4.69) is 31.9 Å². The molecule has 3 aliphatic rings. The number of halogens is 1. The molecule has 2 bridgehead atoms. The minimum absolute atomic E-state index is 0.00392. The Morgan fingerprint density at radius 2 is 1.83 bits per heavy atom. The summed E-state index contributed by atoms with van der Waals surface area (Å²) in [6.07, 6.45) is 5.40. The first kappa shape index (κ1) is 22.7. The number of hydrogen-bond donors (Lipinski definition) is 1. The number of rotatable bonds is 7. The summed E-state index contributed by atoms with van der Waals surface area (Å²) in [5.41, 5.74) is 2.55. The minimum Gasteiger partial charge on any atom is -0.380 e. The van der Waals surface area contributed by atoms with E-state index < -0.39 is 0 Å². The van der Waals surface area contributed by atoms with Crippen molar-refractivity contribution in [2.45, 2.75) is 63.2 Å². The minimum atomic E-state index is -0.243. The van der Waals surface area contributed by atoms with Gasteiger partial charge in [0.2, 0.25) is 5.91 Å². The van der Waals surface area contributed by atoms with Gasteiger partial charge >= 0.3 is 0 Å². The molecule has 1 amide bonds. The number of ether oxygens (including phenoxy) is 1. The summed E-state index contributed by atoms with van der Waals surface area (Å²) < 4.78 is 21.8. The smallest absolute Gasteiger partial charge is 0.228 e. The van der Waals surface area contributed by atoms with Gasteiger partial charge in [-0.2, -0.15) is 0 Å². The van der Waals surface area contributed by atoms with Gasteiger partial charge in [0.25, 0.3) is 0 Å². The summed E-state index contributed by atoms with van der Waals surface area (Å²) >= 11 is 0. The van der Waals surface area contributed by atoms with Gasteiger partial charge in [0.05, 0.1) is 30.7 Å². The predicted octanol–water partition coefficient (Wildman–Crippen LogP) is 4.55. The van der Waals surface area contributed by atoms with Crippen molar-refractivity contribution >= 4 is 16.9 Å². The largest absolute Gasteiger partial charge is 0.380 e. The summed E-state index contributed by atoms with van der Waals surface area (Å²) in [5.74, 6) is 0.731. The van der Waals surface area contributed by atoms with Crippen molar-refractivity contribution in [3.63, 3.8) is 0 Å². The number of nitrogens with zero attached hydrogens (tertiary/aromatic N) is 3. The van der Waals surface area contributed by atoms with Crippen LogP contribution in [-0.2, 0) is 9.53 Å². The van der Waals surface area contributed by atoms with Crippen molar-refractivity contribution in [3.05, 3.63) is 65.7 Å². The molecule has 35 heavy (non-hydrogen) atoms. The third kappa shape index (κ3) is 4.25. The molecule has 2 unspecified atom stereocenters. The Hall–Kier alpha value is -2.77. The maximum Gasteiger partial charge on any atom is 0.228 e. The maximum atomic E-state index is 14.3. The van der Waals surface area contributed by atoms with Crippen molar-refractivity contribution in [2.24, 2.45) is 5.92 Å². The number of aryl methyl sites for hydroxylation is 1. The molecule has 3 aromatic rings. The SMILES string of the molecule is Cc1nc2c(F)cccc2n1C1CC2CCC(C1)N2CC[C@H](NC(=O)C1COC1)c1ccccc1. The van der Waals surface area contributed by atoms with E-state index in [0.717, 1.165) is 42.7 Å². The average Bonchev–Trinajstić information content (AvgIpc) is 3.28. The molecular weight excluding hydrogens is 443 g/mol. The molecule has 0 saturated carbocycles. The van der Waals surface area contributed by atoms with E-state index in [4.69, 9.17) is 4.74 Å². The van der Waals surface area contributed by atoms with E-state index in [1.165, 1.54) is 18.9 Å². The van der Waals surface area contributed by atoms with Crippen LogP contribution in [0.4, 0.5) is 4.39 Å². The van der Waals surface area contributed by atoms with Crippen LogP contribution in [-0.4, -0.2) is 52.2 Å². The molecule has 3 aliphatic heterocycles. The lowest BCUT2D eigenvalue weighted by molar-refractivity contribution is -0.139. The summed E-state index contributed by atoms with van der Waals surface area (Å²) in [7, 11) is 0. The van der Waals surface area contributed by atoms with E-state index in [9.17, 15) is 9.18 Å². The van der Waals surface area contributed by atoms with Gasteiger partial charge in [-0.15, -0.1) is 0 Å². The number of carbonyl (C=O) groups is 1. The Kier molecular flexibility index (Phi) is 6.06. The lowest BCUT2D eigenvalue weighted by Gasteiger charge is -2.40. The summed E-state index contributed by atoms with van der Waals surface area (Å²) in [6, 6.07) is 16.9. The van der Waals surface area contributed by atoms with Crippen molar-refractivity contribution in [2.75, 3.05) is 19.8 Å². The van der Waals surface area contributed by atoms with Gasteiger partial charge in [0.1, 0.15) is 11.3 Å². The molecule has 0 aliphatic carbocycles. The number of benzene rings is 2. The topological polar surface area (TPSA) is 59.4 Å². The molecule has 4 heterocycles. The molecule has 0 radical (unpaired) electrons. The van der Waals surface area contributed by atoms with Crippen LogP contribution in [0, 0.1) is 18.7 Å². The first-order valence-electron chi connectivity index (χ1n) is 12.9. The monoisotopic (exact) mass is 476 g/mol. The predicted molar refractivity (Wildman–Crippen MR) is 132 cm³/mol. The quantitative estimate of drug-likeness (QED) is 0.544. The van der Waals surface area contributed by atoms with E-state index in [-0.39, 0.29) is 23.7 Å². The molecule has 3 fully saturated rings. The molecule has 3 saturated heterocycles. The Bertz CT molecular complexity index is 1190. The Morgan fingerprint density at radius 3 is 2.51 bits per heavy atom. The van der Waals surface area contributed by atoms with Crippen LogP contribution in [0.2, 0.25) is 0 Å². The molecule has 6 nitrogen and oxygen atoms in total. The highest BCUT2D eigenvalue weighted by Crippen LogP contribution is 2.42. The van der Waals surface area contributed by atoms with E-state index in [1.807, 2.05) is 31.2 Å². The normalized spacial score (nSPS) is 25.5. The molecule has 6 rings (SSSR count). The number of amides is 1. The highest BCUT2D eigenvalue weighted by Gasteiger charge is 2.42. The lowest BCUT2D eigenvalue weighted by atomic mass is 9.95. The fourth-order valence-corrected chi connectivity index (χ4v) is 6.44. The number of aromatic nitrogens is 2. The molecule has 184 valence electrons. The second-order valence-electron chi connectivity index (χ2n) is 10.4. The Labute approximate surface area is 205 Å². The Balaban J connectivity index is 1.16. The van der Waals surface area contributed by atoms with Crippen LogP contribution in [0.3, 0.4) is 0 Å². The second-order valence-corrected chi connectivity index (χ2v) is 10.4. The fraction of sp³-hybridized carbons (Fsp3) is 0.500. The molecule has 3 atom stereocenters. The summed E-state index contributed by atoms with van der Waals surface area (Å²) in [4.78, 5) is 19.9. The standard InChI is InChI=1S/C28H33FN4O2/c1-18-30-27-24(29)8-5-9-26(27)33(18)23-14-21-10-11-22(15-23)32(21)13-12-25(19-6-3-2-4-7-19)31-28(34)20-16-35-17-20/h2-9,20-23,25H,10-17H2,1H3,(H,31,34)/t21?,22?,23?,25-/m0/s1. The molecular formula is C28H33FN4O2. The first-order valence-corrected chi connectivity index (χ1v) is 12.9. The third-order valence-electron chi connectivity index (χ3n) is 8.28. The van der Waals surface area contributed by atoms with Gasteiger partial charge in [0, 0.05) is 24.7 Å². The van der Waals surface area contributed by atoms with Crippen molar-refractivity contribution in [1.82, 2.24) is 19.8 Å². The third-order valence-corrected chi connectivity index (χ3v) is 8.28. The second kappa shape index (κ2) is 9.36. The molecule has 2 aromatic carbocycles. The van der Waals surface area contributed by atoms with E-state index in [0.29, 0.717) is 36.9 Å². The van der Waals surface area contributed by atoms with Crippen LogP contribution in [0.15, 0.2) is 48.5 Å². The van der Waals surface area contributed by atoms with Crippen LogP contribution >= 0.6 is 0 Å². The first-order chi connectivity index (χ1) is 17.1. The zero-order valence-corrected chi connectivity index (χ0v) is 20.2. The molecule has 1 aromatic heterocycles. The van der Waals surface area contributed by atoms with Crippen LogP contribution < -0.4 is 5.32 Å². The molecule has 0 spiro atoms. The van der Waals surface area contributed by atoms with E-state index >= 15 is 0 Å². The van der Waals surface area contributed by atoms with Gasteiger partial charge in [-0.05, 0) is 56.7 Å². The highest BCUT2D eigenvalue weighted by molar-refractivity contribution is 5.80. The number of piperidine rings is 1. The van der Waals surface area contributed by atoms with Crippen molar-refractivity contribution < 1.29 is 13.9 Å². The van der Waals surface area contributed by atoms with Crippen LogP contribution in [0.25, 0.3) is 11.0 Å². The van der Waals surface area contributed by atoms with Gasteiger partial charge in [-0.25, -0.2) is 9.37 Å². The van der Waals surface area contributed by atoms with E-state index in [1.54, 1.807) is 6.07 Å². The lowest BCUT2D eigenvalue weighted by Crippen LogP contribution is -2.46. The van der Waals surface area contributed by atoms with Gasteiger partial charge in [-0.1, -0.05) is 36.4 Å². The molecule has 1 N–H and O–H groups in total. The average molecular weight is 477 g/mol. The number of hydrogen-bond acceptors (Lipinski definition) is 4. The summed E-state index contributed by atoms with van der Waals surface area (Å²) in [5, 5.41) is 3.30. The van der Waals surface area contributed by atoms with Crippen molar-refractivity contribution in [3.8, 4) is 0 Å². The zero-order valence-electron chi connectivity index (χ0n) is 20.2. The molecule has 7 heteroatoms. The number of nitrogens with one attached hydrogen (secondary N) is 1.